The van der Waals surface area contributed by atoms with Crippen molar-refractivity contribution in [2.75, 3.05) is 26.4 Å². The van der Waals surface area contributed by atoms with Crippen LogP contribution in [-0.2, 0) is 0 Å². The molecule has 2 N–H and O–H groups in total. The monoisotopic (exact) mass is 313 g/mol. The second-order valence-electron chi connectivity index (χ2n) is 6.21. The number of nitrogens with two attached hydrogens (primary N) is 1. The molecule has 6 heteroatoms. The Kier molecular flexibility index (Phi) is 4.43. The Bertz CT molecular complexity index is 690. The molecule has 0 amide bonds. The summed E-state index contributed by atoms with van der Waals surface area (Å²) in [5.41, 5.74) is 7.70. The molecular weight excluding hydrogens is 290 g/mol. The molecule has 3 rings (SSSR count). The Labute approximate surface area is 136 Å². The van der Waals surface area contributed by atoms with Crippen molar-refractivity contribution in [1.82, 2.24) is 19.9 Å². The third-order valence-corrected chi connectivity index (χ3v) is 4.57. The number of nitrogens with zero attached hydrogens (tertiary/aromatic N) is 4. The van der Waals surface area contributed by atoms with Gasteiger partial charge in [-0.05, 0) is 32.9 Å². The van der Waals surface area contributed by atoms with Crippen molar-refractivity contribution in [1.29, 1.82) is 0 Å². The molecule has 0 spiro atoms. The number of hydrogen-bond donors (Lipinski definition) is 1. The number of ether oxygens (including phenoxy) is 1. The molecule has 1 aliphatic heterocycles. The number of anilines is 1. The van der Waals surface area contributed by atoms with Gasteiger partial charge >= 0.3 is 0 Å². The van der Waals surface area contributed by atoms with E-state index in [0.717, 1.165) is 36.5 Å². The summed E-state index contributed by atoms with van der Waals surface area (Å²) in [4.78, 5) is 15.8. The number of pyridine rings is 1. The molecule has 2 aromatic heterocycles. The lowest BCUT2D eigenvalue weighted by molar-refractivity contribution is 0.177. The Hall–Kier alpha value is -2.21. The van der Waals surface area contributed by atoms with E-state index in [2.05, 4.69) is 28.8 Å². The van der Waals surface area contributed by atoms with Crippen LogP contribution in [0.15, 0.2) is 24.5 Å². The fourth-order valence-corrected chi connectivity index (χ4v) is 2.98. The van der Waals surface area contributed by atoms with E-state index in [-0.39, 0.29) is 0 Å². The van der Waals surface area contributed by atoms with E-state index in [1.807, 2.05) is 6.07 Å². The molecule has 0 unspecified atom stereocenters. The minimum absolute atomic E-state index is 0.317. The number of nitrogen functional groups attached to an aromatic ring is 1. The molecular formula is C17H23N5O. The van der Waals surface area contributed by atoms with Gasteiger partial charge in [-0.25, -0.2) is 9.97 Å². The molecule has 0 radical (unpaired) electrons. The number of piperidine rings is 1. The normalized spacial score (nSPS) is 22.0. The average Bonchev–Trinajstić information content (AvgIpc) is 2.57. The van der Waals surface area contributed by atoms with Crippen molar-refractivity contribution in [3.63, 3.8) is 0 Å². The molecule has 0 saturated carbocycles. The maximum absolute atomic E-state index is 6.02. The van der Waals surface area contributed by atoms with E-state index >= 15 is 0 Å². The summed E-state index contributed by atoms with van der Waals surface area (Å²) in [6.07, 6.45) is 5.68. The zero-order valence-corrected chi connectivity index (χ0v) is 13.9. The number of rotatable bonds is 3. The van der Waals surface area contributed by atoms with Crippen LogP contribution in [0.3, 0.4) is 0 Å². The SMILES string of the molecule is COc1cncc(-c2cc(N)nc([C@H]3CC[C@H](C)N(C)C3)n2)c1. The lowest BCUT2D eigenvalue weighted by Gasteiger charge is -2.34. The summed E-state index contributed by atoms with van der Waals surface area (Å²) >= 11 is 0. The number of likely N-dealkylation sites (N-methyl/N-ethyl adjacent to an activating group) is 1. The average molecular weight is 313 g/mol. The highest BCUT2D eigenvalue weighted by Crippen LogP contribution is 2.29. The fourth-order valence-electron chi connectivity index (χ4n) is 2.98. The third kappa shape index (κ3) is 3.42. The third-order valence-electron chi connectivity index (χ3n) is 4.57. The number of methoxy groups -OCH3 is 1. The first-order chi connectivity index (χ1) is 11.1. The lowest BCUT2D eigenvalue weighted by atomic mass is 9.93. The van der Waals surface area contributed by atoms with Crippen molar-refractivity contribution >= 4 is 5.82 Å². The number of aromatic nitrogens is 3. The van der Waals surface area contributed by atoms with Crippen molar-refractivity contribution in [2.45, 2.75) is 31.7 Å². The van der Waals surface area contributed by atoms with Crippen LogP contribution in [0.4, 0.5) is 5.82 Å². The maximum atomic E-state index is 6.02. The summed E-state index contributed by atoms with van der Waals surface area (Å²) < 4.78 is 5.24. The van der Waals surface area contributed by atoms with Gasteiger partial charge in [0.05, 0.1) is 19.0 Å². The van der Waals surface area contributed by atoms with Gasteiger partial charge in [0, 0.05) is 36.3 Å². The zero-order valence-electron chi connectivity index (χ0n) is 13.9. The van der Waals surface area contributed by atoms with E-state index in [0.29, 0.717) is 23.5 Å². The second kappa shape index (κ2) is 6.50. The molecule has 1 fully saturated rings. The minimum Gasteiger partial charge on any atom is -0.495 e. The Morgan fingerprint density at radius 2 is 2.04 bits per heavy atom. The van der Waals surface area contributed by atoms with E-state index < -0.39 is 0 Å². The lowest BCUT2D eigenvalue weighted by Crippen LogP contribution is -2.38. The van der Waals surface area contributed by atoms with Crippen LogP contribution in [0, 0.1) is 0 Å². The van der Waals surface area contributed by atoms with E-state index in [9.17, 15) is 0 Å². The van der Waals surface area contributed by atoms with Gasteiger partial charge < -0.3 is 15.4 Å². The van der Waals surface area contributed by atoms with E-state index in [4.69, 9.17) is 15.5 Å². The summed E-state index contributed by atoms with van der Waals surface area (Å²) in [5, 5.41) is 0. The number of likely N-dealkylation sites (tertiary alicyclic amines) is 1. The quantitative estimate of drug-likeness (QED) is 0.937. The van der Waals surface area contributed by atoms with Crippen LogP contribution < -0.4 is 10.5 Å². The maximum Gasteiger partial charge on any atom is 0.137 e. The largest absolute Gasteiger partial charge is 0.495 e. The van der Waals surface area contributed by atoms with Crippen LogP contribution >= 0.6 is 0 Å². The standard InChI is InChI=1S/C17H23N5O/c1-11-4-5-12(10-22(11)2)17-20-15(7-16(18)21-17)13-6-14(23-3)9-19-8-13/h6-9,11-12H,4-5,10H2,1-3H3,(H2,18,20,21)/t11-,12-/m0/s1. The zero-order chi connectivity index (χ0) is 16.4. The second-order valence-corrected chi connectivity index (χ2v) is 6.21. The van der Waals surface area contributed by atoms with E-state index in [1.165, 1.54) is 0 Å². The van der Waals surface area contributed by atoms with Gasteiger partial charge in [0.25, 0.3) is 0 Å². The van der Waals surface area contributed by atoms with Gasteiger partial charge in [0.2, 0.25) is 0 Å². The Morgan fingerprint density at radius 3 is 2.78 bits per heavy atom. The van der Waals surface area contributed by atoms with Gasteiger partial charge in [-0.3, -0.25) is 4.98 Å². The first-order valence-corrected chi connectivity index (χ1v) is 7.91. The summed E-state index contributed by atoms with van der Waals surface area (Å²) in [6.45, 7) is 3.21. The molecule has 1 saturated heterocycles. The van der Waals surface area contributed by atoms with Crippen LogP contribution in [0.25, 0.3) is 11.3 Å². The van der Waals surface area contributed by atoms with Gasteiger partial charge in [-0.1, -0.05) is 0 Å². The van der Waals surface area contributed by atoms with Crippen molar-refractivity contribution in [3.8, 4) is 17.0 Å². The van der Waals surface area contributed by atoms with Crippen molar-refractivity contribution in [3.05, 3.63) is 30.4 Å². The number of hydrogen-bond acceptors (Lipinski definition) is 6. The molecule has 3 heterocycles. The molecule has 122 valence electrons. The van der Waals surface area contributed by atoms with Gasteiger partial charge in [-0.15, -0.1) is 0 Å². The van der Waals surface area contributed by atoms with Crippen LogP contribution in [0.2, 0.25) is 0 Å². The van der Waals surface area contributed by atoms with Crippen LogP contribution in [-0.4, -0.2) is 46.6 Å². The predicted octanol–water partition coefficient (Wildman–Crippen LogP) is 2.33. The summed E-state index contributed by atoms with van der Waals surface area (Å²) in [7, 11) is 3.77. The Morgan fingerprint density at radius 1 is 1.22 bits per heavy atom. The molecule has 2 atom stereocenters. The van der Waals surface area contributed by atoms with Gasteiger partial charge in [0.1, 0.15) is 17.4 Å². The van der Waals surface area contributed by atoms with Crippen LogP contribution in [0.5, 0.6) is 5.75 Å². The molecule has 23 heavy (non-hydrogen) atoms. The highest BCUT2D eigenvalue weighted by Gasteiger charge is 2.26. The van der Waals surface area contributed by atoms with Crippen LogP contribution in [0.1, 0.15) is 31.5 Å². The topological polar surface area (TPSA) is 77.2 Å². The predicted molar refractivity (Wildman–Crippen MR) is 90.3 cm³/mol. The Balaban J connectivity index is 1.93. The van der Waals surface area contributed by atoms with Gasteiger partial charge in [0.15, 0.2) is 0 Å². The molecule has 0 aliphatic carbocycles. The smallest absolute Gasteiger partial charge is 0.137 e. The molecule has 6 nitrogen and oxygen atoms in total. The van der Waals surface area contributed by atoms with Crippen molar-refractivity contribution in [2.24, 2.45) is 0 Å². The fraction of sp³-hybridized carbons (Fsp3) is 0.471. The first kappa shape index (κ1) is 15.7. The van der Waals surface area contributed by atoms with Gasteiger partial charge in [-0.2, -0.15) is 0 Å². The molecule has 2 aromatic rings. The first-order valence-electron chi connectivity index (χ1n) is 7.91. The summed E-state index contributed by atoms with van der Waals surface area (Å²) in [6, 6.07) is 4.30. The molecule has 1 aliphatic rings. The van der Waals surface area contributed by atoms with E-state index in [1.54, 1.807) is 25.6 Å². The highest BCUT2D eigenvalue weighted by molar-refractivity contribution is 5.62. The molecule has 0 aromatic carbocycles. The summed E-state index contributed by atoms with van der Waals surface area (Å²) in [5.74, 6) is 2.33. The molecule has 0 bridgehead atoms. The minimum atomic E-state index is 0.317. The van der Waals surface area contributed by atoms with Crippen molar-refractivity contribution < 1.29 is 4.74 Å². The highest BCUT2D eigenvalue weighted by atomic mass is 16.5.